The van der Waals surface area contributed by atoms with Gasteiger partial charge in [-0.1, -0.05) is 41.4 Å². The Morgan fingerprint density at radius 3 is 2.44 bits per heavy atom. The molecule has 0 unspecified atom stereocenters. The van der Waals surface area contributed by atoms with E-state index in [1.807, 2.05) is 13.0 Å². The fourth-order valence-electron chi connectivity index (χ4n) is 2.43. The van der Waals surface area contributed by atoms with Crippen LogP contribution in [0, 0.1) is 6.92 Å². The molecular formula is C18H12Cl2N2O3. The fourth-order valence-corrected chi connectivity index (χ4v) is 2.73. The summed E-state index contributed by atoms with van der Waals surface area (Å²) >= 11 is 11.8. The van der Waals surface area contributed by atoms with Crippen LogP contribution in [0.2, 0.25) is 10.0 Å². The average Bonchev–Trinajstić information content (AvgIpc) is 2.54. The number of anilines is 1. The lowest BCUT2D eigenvalue weighted by Crippen LogP contribution is -2.54. The Morgan fingerprint density at radius 2 is 1.76 bits per heavy atom. The first-order chi connectivity index (χ1) is 11.9. The molecule has 4 amide bonds. The number of halogens is 2. The second-order valence-corrected chi connectivity index (χ2v) is 6.28. The van der Waals surface area contributed by atoms with Crippen molar-refractivity contribution in [1.82, 2.24) is 5.32 Å². The van der Waals surface area contributed by atoms with E-state index in [0.717, 1.165) is 10.5 Å². The number of carbonyl (C=O) groups is 3. The SMILES string of the molecule is Cc1cccc(N2C(=O)NC(=O)/C(=C\c3ccc(Cl)c(Cl)c3)C2=O)c1. The normalized spacial score (nSPS) is 16.4. The quantitative estimate of drug-likeness (QED) is 0.638. The number of carbonyl (C=O) groups excluding carboxylic acids is 3. The summed E-state index contributed by atoms with van der Waals surface area (Å²) in [5.74, 6) is -1.46. The van der Waals surface area contributed by atoms with E-state index in [0.29, 0.717) is 21.3 Å². The zero-order valence-corrected chi connectivity index (χ0v) is 14.6. The molecule has 0 aromatic heterocycles. The van der Waals surface area contributed by atoms with Crippen molar-refractivity contribution in [3.8, 4) is 0 Å². The van der Waals surface area contributed by atoms with Crippen molar-refractivity contribution in [2.45, 2.75) is 6.92 Å². The first-order valence-electron chi connectivity index (χ1n) is 7.30. The molecule has 0 aliphatic carbocycles. The molecule has 0 spiro atoms. The van der Waals surface area contributed by atoms with E-state index in [9.17, 15) is 14.4 Å². The molecule has 1 fully saturated rings. The van der Waals surface area contributed by atoms with Crippen molar-refractivity contribution in [2.24, 2.45) is 0 Å². The van der Waals surface area contributed by atoms with Crippen molar-refractivity contribution < 1.29 is 14.4 Å². The first-order valence-corrected chi connectivity index (χ1v) is 8.05. The van der Waals surface area contributed by atoms with E-state index >= 15 is 0 Å². The maximum absolute atomic E-state index is 12.7. The minimum atomic E-state index is -0.785. The van der Waals surface area contributed by atoms with Crippen LogP contribution in [-0.2, 0) is 9.59 Å². The number of nitrogens with zero attached hydrogens (tertiary/aromatic N) is 1. The molecular weight excluding hydrogens is 363 g/mol. The number of hydrogen-bond donors (Lipinski definition) is 1. The van der Waals surface area contributed by atoms with Gasteiger partial charge in [0.25, 0.3) is 11.8 Å². The zero-order valence-electron chi connectivity index (χ0n) is 13.0. The molecule has 25 heavy (non-hydrogen) atoms. The van der Waals surface area contributed by atoms with Crippen LogP contribution < -0.4 is 10.2 Å². The Morgan fingerprint density at radius 1 is 1.00 bits per heavy atom. The molecule has 3 rings (SSSR count). The maximum Gasteiger partial charge on any atom is 0.335 e. The number of benzene rings is 2. The Labute approximate surface area is 153 Å². The van der Waals surface area contributed by atoms with Gasteiger partial charge in [0.15, 0.2) is 0 Å². The molecule has 7 heteroatoms. The molecule has 0 bridgehead atoms. The minimum Gasteiger partial charge on any atom is -0.273 e. The highest BCUT2D eigenvalue weighted by Gasteiger charge is 2.36. The van der Waals surface area contributed by atoms with Gasteiger partial charge in [-0.25, -0.2) is 9.69 Å². The van der Waals surface area contributed by atoms with E-state index in [1.54, 1.807) is 30.3 Å². The van der Waals surface area contributed by atoms with Crippen molar-refractivity contribution in [2.75, 3.05) is 4.90 Å². The molecule has 1 N–H and O–H groups in total. The van der Waals surface area contributed by atoms with Crippen molar-refractivity contribution >= 4 is 52.8 Å². The van der Waals surface area contributed by atoms with Crippen molar-refractivity contribution in [3.05, 3.63) is 69.2 Å². The van der Waals surface area contributed by atoms with Gasteiger partial charge in [-0.05, 0) is 48.4 Å². The zero-order chi connectivity index (χ0) is 18.1. The Kier molecular flexibility index (Phi) is 4.61. The first kappa shape index (κ1) is 17.2. The predicted octanol–water partition coefficient (Wildman–Crippen LogP) is 3.97. The third-order valence-corrected chi connectivity index (χ3v) is 4.36. The Bertz CT molecular complexity index is 938. The number of hydrogen-bond acceptors (Lipinski definition) is 3. The highest BCUT2D eigenvalue weighted by Crippen LogP contribution is 2.26. The van der Waals surface area contributed by atoms with Gasteiger partial charge in [-0.3, -0.25) is 14.9 Å². The smallest absolute Gasteiger partial charge is 0.273 e. The van der Waals surface area contributed by atoms with Crippen molar-refractivity contribution in [1.29, 1.82) is 0 Å². The van der Waals surface area contributed by atoms with Gasteiger partial charge in [-0.2, -0.15) is 0 Å². The standard InChI is InChI=1S/C18H12Cl2N2O3/c1-10-3-2-4-12(7-10)22-17(24)13(16(23)21-18(22)25)8-11-5-6-14(19)15(20)9-11/h2-9H,1H3,(H,21,23,25)/b13-8+. The number of urea groups is 1. The van der Waals surface area contributed by atoms with Crippen LogP contribution in [-0.4, -0.2) is 17.8 Å². The van der Waals surface area contributed by atoms with Crippen LogP contribution in [0.5, 0.6) is 0 Å². The monoisotopic (exact) mass is 374 g/mol. The van der Waals surface area contributed by atoms with Gasteiger partial charge in [0, 0.05) is 0 Å². The average molecular weight is 375 g/mol. The summed E-state index contributed by atoms with van der Waals surface area (Å²) in [7, 11) is 0. The number of barbiturate groups is 1. The number of imide groups is 2. The van der Waals surface area contributed by atoms with Gasteiger partial charge in [-0.15, -0.1) is 0 Å². The molecule has 0 radical (unpaired) electrons. The van der Waals surface area contributed by atoms with Crippen LogP contribution in [0.25, 0.3) is 6.08 Å². The summed E-state index contributed by atoms with van der Waals surface area (Å²) < 4.78 is 0. The van der Waals surface area contributed by atoms with E-state index in [1.165, 1.54) is 12.1 Å². The molecule has 2 aromatic carbocycles. The molecule has 5 nitrogen and oxygen atoms in total. The molecule has 1 aliphatic heterocycles. The summed E-state index contributed by atoms with van der Waals surface area (Å²) in [6.45, 7) is 1.84. The number of rotatable bonds is 2. The fraction of sp³-hybridized carbons (Fsp3) is 0.0556. The number of amides is 4. The summed E-state index contributed by atoms with van der Waals surface area (Å²) in [4.78, 5) is 37.9. The molecule has 0 atom stereocenters. The van der Waals surface area contributed by atoms with Crippen LogP contribution in [0.1, 0.15) is 11.1 Å². The van der Waals surface area contributed by atoms with Crippen molar-refractivity contribution in [3.63, 3.8) is 0 Å². The van der Waals surface area contributed by atoms with Gasteiger partial charge < -0.3 is 0 Å². The highest BCUT2D eigenvalue weighted by atomic mass is 35.5. The van der Waals surface area contributed by atoms with Gasteiger partial charge in [0.1, 0.15) is 5.57 Å². The van der Waals surface area contributed by atoms with Crippen LogP contribution in [0.3, 0.4) is 0 Å². The lowest BCUT2D eigenvalue weighted by molar-refractivity contribution is -0.122. The molecule has 2 aromatic rings. The topological polar surface area (TPSA) is 66.5 Å². The summed E-state index contributed by atoms with van der Waals surface area (Å²) in [5.41, 5.74) is 1.62. The third-order valence-electron chi connectivity index (χ3n) is 3.62. The molecule has 1 aliphatic rings. The maximum atomic E-state index is 12.7. The second-order valence-electron chi connectivity index (χ2n) is 5.47. The van der Waals surface area contributed by atoms with E-state index in [-0.39, 0.29) is 5.57 Å². The molecule has 0 saturated carbocycles. The van der Waals surface area contributed by atoms with Crippen LogP contribution in [0.15, 0.2) is 48.0 Å². The lowest BCUT2D eigenvalue weighted by atomic mass is 10.1. The van der Waals surface area contributed by atoms with Crippen LogP contribution >= 0.6 is 23.2 Å². The third kappa shape index (κ3) is 3.43. The lowest BCUT2D eigenvalue weighted by Gasteiger charge is -2.26. The number of aryl methyl sites for hydroxylation is 1. The second kappa shape index (κ2) is 6.70. The largest absolute Gasteiger partial charge is 0.335 e. The van der Waals surface area contributed by atoms with Gasteiger partial charge >= 0.3 is 6.03 Å². The molecule has 1 heterocycles. The van der Waals surface area contributed by atoms with Gasteiger partial charge in [0.2, 0.25) is 0 Å². The Balaban J connectivity index is 2.03. The highest BCUT2D eigenvalue weighted by molar-refractivity contribution is 6.42. The summed E-state index contributed by atoms with van der Waals surface area (Å²) in [5, 5.41) is 2.83. The van der Waals surface area contributed by atoms with E-state index in [4.69, 9.17) is 23.2 Å². The minimum absolute atomic E-state index is 0.167. The van der Waals surface area contributed by atoms with E-state index in [2.05, 4.69) is 5.32 Å². The Hall–Kier alpha value is -2.63. The van der Waals surface area contributed by atoms with E-state index < -0.39 is 17.8 Å². The van der Waals surface area contributed by atoms with Crippen LogP contribution in [0.4, 0.5) is 10.5 Å². The van der Waals surface area contributed by atoms with Gasteiger partial charge in [0.05, 0.1) is 15.7 Å². The predicted molar refractivity (Wildman–Crippen MR) is 96.6 cm³/mol. The molecule has 126 valence electrons. The summed E-state index contributed by atoms with van der Waals surface area (Å²) in [6, 6.07) is 10.8. The summed E-state index contributed by atoms with van der Waals surface area (Å²) in [6.07, 6.45) is 1.37. The number of nitrogens with one attached hydrogen (secondary N) is 1. The molecule has 1 saturated heterocycles.